The van der Waals surface area contributed by atoms with E-state index in [1.54, 1.807) is 22.5 Å². The molecule has 0 N–H and O–H groups in total. The maximum absolute atomic E-state index is 13.1. The lowest BCUT2D eigenvalue weighted by atomic mass is 9.95. The van der Waals surface area contributed by atoms with Crippen LogP contribution in [0.4, 0.5) is 0 Å². The van der Waals surface area contributed by atoms with Gasteiger partial charge in [-0.25, -0.2) is 8.42 Å². The van der Waals surface area contributed by atoms with Gasteiger partial charge in [-0.1, -0.05) is 25.3 Å². The average molecular weight is 339 g/mol. The van der Waals surface area contributed by atoms with Gasteiger partial charge in [0.2, 0.25) is 10.0 Å². The third-order valence-corrected chi connectivity index (χ3v) is 6.17. The lowest BCUT2D eigenvalue weighted by molar-refractivity contribution is 0.269. The summed E-state index contributed by atoms with van der Waals surface area (Å²) in [6.07, 6.45) is 6.77. The highest BCUT2D eigenvalue weighted by atomic mass is 32.2. The van der Waals surface area contributed by atoms with Crippen molar-refractivity contribution in [3.05, 3.63) is 30.9 Å². The summed E-state index contributed by atoms with van der Waals surface area (Å²) >= 11 is 0. The van der Waals surface area contributed by atoms with Crippen molar-refractivity contribution >= 4 is 10.0 Å². The van der Waals surface area contributed by atoms with Crippen LogP contribution in [0.3, 0.4) is 0 Å². The molecule has 5 nitrogen and oxygen atoms in total. The van der Waals surface area contributed by atoms with Crippen LogP contribution in [0.2, 0.25) is 0 Å². The van der Waals surface area contributed by atoms with Crippen LogP contribution in [0.25, 0.3) is 0 Å². The minimum atomic E-state index is -3.59. The molecule has 0 unspecified atom stereocenters. The Morgan fingerprint density at radius 3 is 2.39 bits per heavy atom. The zero-order valence-electron chi connectivity index (χ0n) is 13.8. The fourth-order valence-corrected chi connectivity index (χ4v) is 4.72. The summed E-state index contributed by atoms with van der Waals surface area (Å²) in [5.41, 5.74) is 0. The van der Waals surface area contributed by atoms with E-state index in [9.17, 15) is 8.42 Å². The lowest BCUT2D eigenvalue weighted by Crippen LogP contribution is -2.41. The predicted octanol–water partition coefficient (Wildman–Crippen LogP) is 3.21. The van der Waals surface area contributed by atoms with Crippen molar-refractivity contribution in [2.24, 2.45) is 0 Å². The summed E-state index contributed by atoms with van der Waals surface area (Å²) in [7, 11) is -0.571. The van der Waals surface area contributed by atoms with E-state index < -0.39 is 10.0 Å². The first kappa shape index (κ1) is 17.8. The van der Waals surface area contributed by atoms with Crippen LogP contribution < -0.4 is 9.47 Å². The molecule has 1 aliphatic carbocycles. The molecule has 2 rings (SSSR count). The molecule has 0 aromatic heterocycles. The number of benzene rings is 1. The number of sulfonamides is 1. The number of hydrogen-bond donors (Lipinski definition) is 0. The van der Waals surface area contributed by atoms with E-state index in [1.807, 2.05) is 0 Å². The van der Waals surface area contributed by atoms with Gasteiger partial charge in [-0.3, -0.25) is 0 Å². The van der Waals surface area contributed by atoms with E-state index in [2.05, 4.69) is 6.58 Å². The fraction of sp³-hybridized carbons (Fsp3) is 0.529. The summed E-state index contributed by atoms with van der Waals surface area (Å²) < 4.78 is 38.1. The molecule has 1 aliphatic rings. The molecule has 1 fully saturated rings. The van der Waals surface area contributed by atoms with Gasteiger partial charge in [0, 0.05) is 18.7 Å². The van der Waals surface area contributed by atoms with E-state index in [1.165, 1.54) is 26.7 Å². The quantitative estimate of drug-likeness (QED) is 0.716. The second-order valence-corrected chi connectivity index (χ2v) is 7.56. The fourth-order valence-electron chi connectivity index (χ4n) is 3.05. The van der Waals surface area contributed by atoms with Crippen LogP contribution >= 0.6 is 0 Å². The van der Waals surface area contributed by atoms with Crippen LogP contribution in [-0.2, 0) is 10.0 Å². The van der Waals surface area contributed by atoms with Crippen LogP contribution in [-0.4, -0.2) is 39.5 Å². The van der Waals surface area contributed by atoms with Crippen molar-refractivity contribution in [2.75, 3.05) is 20.8 Å². The maximum atomic E-state index is 13.1. The van der Waals surface area contributed by atoms with Gasteiger partial charge in [-0.05, 0) is 25.0 Å². The second kappa shape index (κ2) is 7.84. The molecule has 0 aliphatic heterocycles. The largest absolute Gasteiger partial charge is 0.493 e. The molecule has 1 aromatic carbocycles. The van der Waals surface area contributed by atoms with Gasteiger partial charge < -0.3 is 9.47 Å². The van der Waals surface area contributed by atoms with Gasteiger partial charge >= 0.3 is 0 Å². The number of rotatable bonds is 7. The van der Waals surface area contributed by atoms with Crippen molar-refractivity contribution in [3.8, 4) is 11.5 Å². The van der Waals surface area contributed by atoms with E-state index in [-0.39, 0.29) is 10.9 Å². The van der Waals surface area contributed by atoms with Gasteiger partial charge in [0.05, 0.1) is 19.1 Å². The van der Waals surface area contributed by atoms with Gasteiger partial charge in [0.25, 0.3) is 0 Å². The zero-order chi connectivity index (χ0) is 16.9. The first-order chi connectivity index (χ1) is 11.0. The summed E-state index contributed by atoms with van der Waals surface area (Å²) in [6.45, 7) is 4.03. The van der Waals surface area contributed by atoms with Crippen LogP contribution in [0.15, 0.2) is 35.7 Å². The molecule has 0 amide bonds. The lowest BCUT2D eigenvalue weighted by Gasteiger charge is -2.32. The molecule has 128 valence electrons. The molecular weight excluding hydrogens is 314 g/mol. The van der Waals surface area contributed by atoms with Crippen LogP contribution in [0.1, 0.15) is 32.1 Å². The third kappa shape index (κ3) is 3.87. The van der Waals surface area contributed by atoms with E-state index in [0.29, 0.717) is 18.0 Å². The standard InChI is InChI=1S/C17H25NO4S/c1-4-12-18(14-8-6-5-7-9-14)23(19,20)15-10-11-16(21-2)17(13-15)22-3/h4,10-11,13-14H,1,5-9,12H2,2-3H3. The smallest absolute Gasteiger partial charge is 0.243 e. The van der Waals surface area contributed by atoms with Gasteiger partial charge in [0.1, 0.15) is 0 Å². The van der Waals surface area contributed by atoms with E-state index in [0.717, 1.165) is 25.7 Å². The molecule has 23 heavy (non-hydrogen) atoms. The molecule has 0 heterocycles. The van der Waals surface area contributed by atoms with Crippen molar-refractivity contribution in [3.63, 3.8) is 0 Å². The van der Waals surface area contributed by atoms with Gasteiger partial charge in [-0.15, -0.1) is 6.58 Å². The Morgan fingerprint density at radius 1 is 1.17 bits per heavy atom. The third-order valence-electron chi connectivity index (χ3n) is 4.25. The Balaban J connectivity index is 2.38. The first-order valence-corrected chi connectivity index (χ1v) is 9.33. The topological polar surface area (TPSA) is 55.8 Å². The van der Waals surface area contributed by atoms with Crippen molar-refractivity contribution < 1.29 is 17.9 Å². The summed E-state index contributed by atoms with van der Waals surface area (Å²) in [5.74, 6) is 0.926. The minimum Gasteiger partial charge on any atom is -0.493 e. The Kier molecular flexibility index (Phi) is 6.07. The summed E-state index contributed by atoms with van der Waals surface area (Å²) in [4.78, 5) is 0.225. The zero-order valence-corrected chi connectivity index (χ0v) is 14.6. The van der Waals surface area contributed by atoms with Gasteiger partial charge in [0.15, 0.2) is 11.5 Å². The Hall–Kier alpha value is -1.53. The molecule has 1 aromatic rings. The molecule has 0 bridgehead atoms. The second-order valence-electron chi connectivity index (χ2n) is 5.67. The number of ether oxygens (including phenoxy) is 2. The molecule has 0 radical (unpaired) electrons. The monoisotopic (exact) mass is 339 g/mol. The maximum Gasteiger partial charge on any atom is 0.243 e. The Morgan fingerprint density at radius 2 is 1.83 bits per heavy atom. The number of nitrogens with zero attached hydrogens (tertiary/aromatic N) is 1. The van der Waals surface area contributed by atoms with Crippen molar-refractivity contribution in [1.82, 2.24) is 4.31 Å². The highest BCUT2D eigenvalue weighted by Crippen LogP contribution is 2.33. The Bertz CT molecular complexity index is 636. The predicted molar refractivity (Wildman–Crippen MR) is 90.5 cm³/mol. The average Bonchev–Trinajstić information content (AvgIpc) is 2.59. The van der Waals surface area contributed by atoms with E-state index in [4.69, 9.17) is 9.47 Å². The highest BCUT2D eigenvalue weighted by molar-refractivity contribution is 7.89. The first-order valence-electron chi connectivity index (χ1n) is 7.89. The van der Waals surface area contributed by atoms with Gasteiger partial charge in [-0.2, -0.15) is 4.31 Å². The summed E-state index contributed by atoms with van der Waals surface area (Å²) in [5, 5.41) is 0. The molecule has 0 spiro atoms. The highest BCUT2D eigenvalue weighted by Gasteiger charge is 2.32. The van der Waals surface area contributed by atoms with Crippen LogP contribution in [0.5, 0.6) is 11.5 Å². The molecular formula is C17H25NO4S. The SMILES string of the molecule is C=CCN(C1CCCCC1)S(=O)(=O)c1ccc(OC)c(OC)c1. The Labute approximate surface area is 138 Å². The summed E-state index contributed by atoms with van der Waals surface area (Å²) in [6, 6.07) is 4.75. The molecule has 0 atom stereocenters. The molecule has 6 heteroatoms. The molecule has 0 saturated heterocycles. The van der Waals surface area contributed by atoms with Crippen LogP contribution in [0, 0.1) is 0 Å². The number of methoxy groups -OCH3 is 2. The molecule has 1 saturated carbocycles. The number of hydrogen-bond acceptors (Lipinski definition) is 4. The minimum absolute atomic E-state index is 0.0415. The van der Waals surface area contributed by atoms with Crippen molar-refractivity contribution in [2.45, 2.75) is 43.0 Å². The van der Waals surface area contributed by atoms with E-state index >= 15 is 0 Å². The normalized spacial score (nSPS) is 16.3. The van der Waals surface area contributed by atoms with Crippen molar-refractivity contribution in [1.29, 1.82) is 0 Å².